The summed E-state index contributed by atoms with van der Waals surface area (Å²) in [6.45, 7) is 2.54. The Bertz CT molecular complexity index is 1210. The molecule has 1 amide bonds. The van der Waals surface area contributed by atoms with Crippen molar-refractivity contribution >= 4 is 22.6 Å². The second-order valence-corrected chi connectivity index (χ2v) is 7.91. The number of hydrogen-bond acceptors (Lipinski definition) is 5. The van der Waals surface area contributed by atoms with E-state index in [1.165, 1.54) is 11.3 Å². The van der Waals surface area contributed by atoms with E-state index < -0.39 is 5.60 Å². The van der Waals surface area contributed by atoms with Gasteiger partial charge in [0.1, 0.15) is 5.52 Å². The van der Waals surface area contributed by atoms with Crippen molar-refractivity contribution in [2.45, 2.75) is 18.4 Å². The average molecular weight is 398 g/mol. The van der Waals surface area contributed by atoms with Gasteiger partial charge in [0.05, 0.1) is 5.69 Å². The van der Waals surface area contributed by atoms with Gasteiger partial charge in [-0.05, 0) is 30.7 Å². The summed E-state index contributed by atoms with van der Waals surface area (Å²) in [7, 11) is 1.68. The second kappa shape index (κ2) is 7.12. The molecule has 2 aliphatic rings. The van der Waals surface area contributed by atoms with Gasteiger partial charge in [-0.2, -0.15) is 0 Å². The zero-order valence-electron chi connectivity index (χ0n) is 16.8. The molecule has 0 aliphatic carbocycles. The molecule has 2 fully saturated rings. The number of anilines is 1. The first-order valence-electron chi connectivity index (χ1n) is 10.2. The highest BCUT2D eigenvalue weighted by Crippen LogP contribution is 2.29. The molecule has 2 aromatic heterocycles. The van der Waals surface area contributed by atoms with Crippen LogP contribution in [0.3, 0.4) is 0 Å². The number of fused-ring (bicyclic) bond motifs is 1. The van der Waals surface area contributed by atoms with Crippen molar-refractivity contribution in [2.75, 3.05) is 31.6 Å². The van der Waals surface area contributed by atoms with Crippen molar-refractivity contribution in [1.29, 1.82) is 0 Å². The van der Waals surface area contributed by atoms with Crippen molar-refractivity contribution in [2.24, 2.45) is 0 Å². The monoisotopic (exact) mass is 398 g/mol. The highest BCUT2D eigenvalue weighted by Gasteiger charge is 2.42. The van der Waals surface area contributed by atoms with Crippen LogP contribution in [0.5, 0.6) is 0 Å². The molecule has 1 atom stereocenters. The predicted octanol–water partition coefficient (Wildman–Crippen LogP) is 2.45. The van der Waals surface area contributed by atoms with Crippen LogP contribution >= 0.6 is 0 Å². The van der Waals surface area contributed by atoms with Crippen molar-refractivity contribution < 1.29 is 9.90 Å². The van der Waals surface area contributed by atoms with Gasteiger partial charge in [0.15, 0.2) is 5.82 Å². The van der Waals surface area contributed by atoms with Crippen molar-refractivity contribution in [3.05, 3.63) is 54.2 Å². The summed E-state index contributed by atoms with van der Waals surface area (Å²) < 4.78 is 0. The van der Waals surface area contributed by atoms with E-state index >= 15 is 0 Å². The molecule has 3 aromatic rings. The first-order valence-corrected chi connectivity index (χ1v) is 10.2. The van der Waals surface area contributed by atoms with E-state index in [2.05, 4.69) is 27.8 Å². The lowest BCUT2D eigenvalue weighted by atomic mass is 10.0. The number of aromatic nitrogens is 2. The van der Waals surface area contributed by atoms with E-state index in [1.807, 2.05) is 42.6 Å². The quantitative estimate of drug-likeness (QED) is 0.672. The lowest BCUT2D eigenvalue weighted by Crippen LogP contribution is -2.37. The molecule has 1 aromatic carbocycles. The summed E-state index contributed by atoms with van der Waals surface area (Å²) in [5.41, 5.74) is 1.82. The van der Waals surface area contributed by atoms with E-state index in [1.54, 1.807) is 7.05 Å². The molecule has 1 N–H and O–H groups in total. The molecule has 30 heavy (non-hydrogen) atoms. The fraction of sp³-hybridized carbons (Fsp3) is 0.292. The van der Waals surface area contributed by atoms with E-state index in [-0.39, 0.29) is 5.91 Å². The molecule has 6 nitrogen and oxygen atoms in total. The Balaban J connectivity index is 1.50. The zero-order chi connectivity index (χ0) is 20.7. The Morgan fingerprint density at radius 1 is 1.13 bits per heavy atom. The van der Waals surface area contributed by atoms with Crippen LogP contribution in [0.25, 0.3) is 22.2 Å². The number of likely N-dealkylation sites (N-methyl/N-ethyl adjacent to an activating group) is 1. The van der Waals surface area contributed by atoms with Crippen LogP contribution in [-0.4, -0.2) is 58.2 Å². The molecule has 2 aliphatic heterocycles. The number of benzene rings is 1. The highest BCUT2D eigenvalue weighted by atomic mass is 16.3. The molecular weight excluding hydrogens is 376 g/mol. The van der Waals surface area contributed by atoms with Crippen LogP contribution in [-0.2, 0) is 4.79 Å². The van der Waals surface area contributed by atoms with Gasteiger partial charge in [-0.15, -0.1) is 0 Å². The molecular formula is C24H22N4O2. The van der Waals surface area contributed by atoms with Gasteiger partial charge in [-0.1, -0.05) is 30.0 Å². The largest absolute Gasteiger partial charge is 0.369 e. The number of carbonyl (C=O) groups is 1. The number of carbonyl (C=O) groups excluding carboxylic acids is 1. The Labute approximate surface area is 175 Å². The Kier molecular flexibility index (Phi) is 4.41. The lowest BCUT2D eigenvalue weighted by Gasteiger charge is -2.32. The van der Waals surface area contributed by atoms with Crippen LogP contribution in [0.2, 0.25) is 0 Å². The highest BCUT2D eigenvalue weighted by molar-refractivity contribution is 5.91. The lowest BCUT2D eigenvalue weighted by molar-refractivity contribution is -0.137. The van der Waals surface area contributed by atoms with Crippen LogP contribution < -0.4 is 4.90 Å². The summed E-state index contributed by atoms with van der Waals surface area (Å²) in [6.07, 6.45) is 3.34. The summed E-state index contributed by atoms with van der Waals surface area (Å²) >= 11 is 0. The predicted molar refractivity (Wildman–Crippen MR) is 116 cm³/mol. The van der Waals surface area contributed by atoms with Crippen LogP contribution in [0.1, 0.15) is 18.4 Å². The summed E-state index contributed by atoms with van der Waals surface area (Å²) in [4.78, 5) is 25.3. The SMILES string of the molecule is CN1CC[C@@](O)(C#Cc2cccc(-c3ccc4ccnc(N5CCC5)c4n3)c2)C1=O. The third kappa shape index (κ3) is 3.17. The number of aliphatic hydroxyl groups is 1. The number of amides is 1. The van der Waals surface area contributed by atoms with Gasteiger partial charge in [-0.25, -0.2) is 9.97 Å². The standard InChI is InChI=1S/C24H22N4O2/c1-27-15-11-24(30,23(27)29)10-8-17-4-2-5-19(16-17)20-7-6-18-9-12-25-22(21(18)26-20)28-13-3-14-28/h2,4-7,9,12,16,30H,3,11,13-15H2,1H3/t24-/m0/s1. The van der Waals surface area contributed by atoms with Gasteiger partial charge in [0, 0.05) is 55.8 Å². The smallest absolute Gasteiger partial charge is 0.267 e. The molecule has 0 radical (unpaired) electrons. The molecule has 2 saturated heterocycles. The topological polar surface area (TPSA) is 69.6 Å². The molecule has 4 heterocycles. The van der Waals surface area contributed by atoms with Crippen LogP contribution in [0.4, 0.5) is 5.82 Å². The van der Waals surface area contributed by atoms with Gasteiger partial charge >= 0.3 is 0 Å². The minimum absolute atomic E-state index is 0.327. The third-order valence-electron chi connectivity index (χ3n) is 5.83. The molecule has 6 heteroatoms. The molecule has 0 bridgehead atoms. The number of hydrogen-bond donors (Lipinski definition) is 1. The number of pyridine rings is 2. The maximum Gasteiger partial charge on any atom is 0.267 e. The Hall–Kier alpha value is -3.43. The van der Waals surface area contributed by atoms with E-state index in [0.717, 1.165) is 46.6 Å². The first-order chi connectivity index (χ1) is 14.5. The zero-order valence-corrected chi connectivity index (χ0v) is 16.8. The van der Waals surface area contributed by atoms with E-state index in [0.29, 0.717) is 13.0 Å². The van der Waals surface area contributed by atoms with Crippen molar-refractivity contribution in [3.8, 4) is 23.1 Å². The first kappa shape index (κ1) is 18.6. The fourth-order valence-electron chi connectivity index (χ4n) is 3.85. The molecule has 0 unspecified atom stereocenters. The van der Waals surface area contributed by atoms with Crippen LogP contribution in [0.15, 0.2) is 48.7 Å². The Morgan fingerprint density at radius 3 is 2.73 bits per heavy atom. The Morgan fingerprint density at radius 2 is 2.00 bits per heavy atom. The molecule has 0 saturated carbocycles. The maximum absolute atomic E-state index is 12.1. The van der Waals surface area contributed by atoms with Crippen molar-refractivity contribution in [3.63, 3.8) is 0 Å². The maximum atomic E-state index is 12.1. The van der Waals surface area contributed by atoms with Crippen molar-refractivity contribution in [1.82, 2.24) is 14.9 Å². The minimum Gasteiger partial charge on any atom is -0.369 e. The fourth-order valence-corrected chi connectivity index (χ4v) is 3.85. The van der Waals surface area contributed by atoms with E-state index in [9.17, 15) is 9.90 Å². The third-order valence-corrected chi connectivity index (χ3v) is 5.83. The minimum atomic E-state index is -1.59. The van der Waals surface area contributed by atoms with Crippen LogP contribution in [0, 0.1) is 11.8 Å². The van der Waals surface area contributed by atoms with E-state index in [4.69, 9.17) is 4.98 Å². The average Bonchev–Trinajstić information content (AvgIpc) is 2.99. The van der Waals surface area contributed by atoms with Gasteiger partial charge in [-0.3, -0.25) is 4.79 Å². The number of rotatable bonds is 2. The molecule has 0 spiro atoms. The second-order valence-electron chi connectivity index (χ2n) is 7.91. The summed E-state index contributed by atoms with van der Waals surface area (Å²) in [5, 5.41) is 11.6. The number of likely N-dealkylation sites (tertiary alicyclic amines) is 1. The van der Waals surface area contributed by atoms with Gasteiger partial charge in [0.2, 0.25) is 5.60 Å². The van der Waals surface area contributed by atoms with Gasteiger partial charge < -0.3 is 14.9 Å². The molecule has 150 valence electrons. The van der Waals surface area contributed by atoms with Gasteiger partial charge in [0.25, 0.3) is 5.91 Å². The summed E-state index contributed by atoms with van der Waals surface area (Å²) in [5.74, 6) is 6.35. The normalized spacial score (nSPS) is 20.8. The summed E-state index contributed by atoms with van der Waals surface area (Å²) in [6, 6.07) is 13.8. The number of nitrogens with zero attached hydrogens (tertiary/aromatic N) is 4. The molecule has 5 rings (SSSR count).